The molecule has 7 nitrogen and oxygen atoms in total. The molecule has 7 heteroatoms. The Kier molecular flexibility index (Phi) is 4.51. The van der Waals surface area contributed by atoms with Gasteiger partial charge < -0.3 is 10.6 Å². The van der Waals surface area contributed by atoms with Crippen molar-refractivity contribution in [3.8, 4) is 0 Å². The second-order valence-electron chi connectivity index (χ2n) is 6.50. The lowest BCUT2D eigenvalue weighted by Gasteiger charge is -2.19. The number of hydrogen-bond donors (Lipinski definition) is 2. The fraction of sp³-hybridized carbons (Fsp3) is 0.529. The summed E-state index contributed by atoms with van der Waals surface area (Å²) in [7, 11) is 0. The minimum atomic E-state index is -0.676. The molecule has 1 aliphatic heterocycles. The molecular weight excluding hydrogens is 308 g/mol. The van der Waals surface area contributed by atoms with Crippen LogP contribution in [0.3, 0.4) is 0 Å². The summed E-state index contributed by atoms with van der Waals surface area (Å²) in [6.07, 6.45) is 5.66. The van der Waals surface area contributed by atoms with E-state index in [4.69, 9.17) is 0 Å². The smallest absolute Gasteiger partial charge is 0.323 e. The third-order valence-electron chi connectivity index (χ3n) is 4.76. The van der Waals surface area contributed by atoms with E-state index in [1.807, 2.05) is 13.0 Å². The zero-order valence-electron chi connectivity index (χ0n) is 13.8. The molecule has 0 atom stereocenters. The van der Waals surface area contributed by atoms with Gasteiger partial charge in [-0.15, -0.1) is 0 Å². The molecular formula is C17H22N4O3. The highest BCUT2D eigenvalue weighted by atomic mass is 16.2. The first-order valence-corrected chi connectivity index (χ1v) is 8.37. The number of amides is 4. The monoisotopic (exact) mass is 330 g/mol. The Hall–Kier alpha value is -2.44. The fourth-order valence-electron chi connectivity index (χ4n) is 3.41. The van der Waals surface area contributed by atoms with Crippen LogP contribution in [-0.4, -0.2) is 39.8 Å². The highest BCUT2D eigenvalue weighted by Crippen LogP contribution is 2.35. The third-order valence-corrected chi connectivity index (χ3v) is 4.76. The summed E-state index contributed by atoms with van der Waals surface area (Å²) < 4.78 is 0. The number of nitrogens with one attached hydrogen (secondary N) is 2. The summed E-state index contributed by atoms with van der Waals surface area (Å²) in [5.41, 5.74) is 0.216. The SMILES string of the molecule is Cc1cccnc1NC(=O)CCCN1C(=O)NC2(CCCC2)C1=O. The predicted molar refractivity (Wildman–Crippen MR) is 88.3 cm³/mol. The van der Waals surface area contributed by atoms with Crippen LogP contribution in [0.5, 0.6) is 0 Å². The molecule has 1 saturated heterocycles. The van der Waals surface area contributed by atoms with Gasteiger partial charge in [0, 0.05) is 19.2 Å². The van der Waals surface area contributed by atoms with Gasteiger partial charge in [0.1, 0.15) is 11.4 Å². The molecule has 2 aliphatic rings. The molecule has 0 radical (unpaired) electrons. The normalized spacial score (nSPS) is 19.0. The number of hydrogen-bond acceptors (Lipinski definition) is 4. The van der Waals surface area contributed by atoms with Crippen LogP contribution >= 0.6 is 0 Å². The summed E-state index contributed by atoms with van der Waals surface area (Å²) in [6.45, 7) is 2.14. The number of aryl methyl sites for hydroxylation is 1. The van der Waals surface area contributed by atoms with Crippen molar-refractivity contribution in [2.45, 2.75) is 51.0 Å². The second kappa shape index (κ2) is 6.59. The summed E-state index contributed by atoms with van der Waals surface area (Å²) in [5, 5.41) is 5.59. The minimum Gasteiger partial charge on any atom is -0.323 e. The van der Waals surface area contributed by atoms with Gasteiger partial charge in [0.05, 0.1) is 0 Å². The van der Waals surface area contributed by atoms with E-state index in [1.165, 1.54) is 4.90 Å². The molecule has 4 amide bonds. The Balaban J connectivity index is 1.49. The lowest BCUT2D eigenvalue weighted by Crippen LogP contribution is -2.44. The lowest BCUT2D eigenvalue weighted by atomic mass is 9.98. The number of anilines is 1. The molecule has 0 aromatic carbocycles. The second-order valence-corrected chi connectivity index (χ2v) is 6.50. The van der Waals surface area contributed by atoms with E-state index in [0.717, 1.165) is 18.4 Å². The number of urea groups is 1. The van der Waals surface area contributed by atoms with E-state index in [-0.39, 0.29) is 30.8 Å². The van der Waals surface area contributed by atoms with Crippen molar-refractivity contribution < 1.29 is 14.4 Å². The zero-order chi connectivity index (χ0) is 17.2. The quantitative estimate of drug-likeness (QED) is 0.808. The molecule has 0 unspecified atom stereocenters. The average Bonchev–Trinajstić information content (AvgIpc) is 3.10. The molecule has 128 valence electrons. The number of pyridine rings is 1. The Labute approximate surface area is 140 Å². The van der Waals surface area contributed by atoms with Gasteiger partial charge in [-0.1, -0.05) is 18.9 Å². The van der Waals surface area contributed by atoms with Crippen LogP contribution in [0.15, 0.2) is 18.3 Å². The van der Waals surface area contributed by atoms with Crippen LogP contribution in [0, 0.1) is 6.92 Å². The number of carbonyl (C=O) groups is 3. The van der Waals surface area contributed by atoms with Crippen molar-refractivity contribution in [1.29, 1.82) is 0 Å². The van der Waals surface area contributed by atoms with Gasteiger partial charge in [-0.3, -0.25) is 14.5 Å². The van der Waals surface area contributed by atoms with Crippen LogP contribution in [0.4, 0.5) is 10.6 Å². The van der Waals surface area contributed by atoms with Gasteiger partial charge in [0.2, 0.25) is 5.91 Å². The van der Waals surface area contributed by atoms with E-state index >= 15 is 0 Å². The van der Waals surface area contributed by atoms with Crippen molar-refractivity contribution in [3.63, 3.8) is 0 Å². The summed E-state index contributed by atoms with van der Waals surface area (Å²) in [5.74, 6) is 0.243. The molecule has 2 heterocycles. The Morgan fingerprint density at radius 1 is 1.38 bits per heavy atom. The molecule has 1 aliphatic carbocycles. The van der Waals surface area contributed by atoms with E-state index in [0.29, 0.717) is 25.1 Å². The van der Waals surface area contributed by atoms with Crippen LogP contribution in [0.2, 0.25) is 0 Å². The van der Waals surface area contributed by atoms with Crippen LogP contribution in [0.1, 0.15) is 44.1 Å². The lowest BCUT2D eigenvalue weighted by molar-refractivity contribution is -0.131. The number of imide groups is 1. The van der Waals surface area contributed by atoms with Crippen molar-refractivity contribution in [3.05, 3.63) is 23.9 Å². The molecule has 1 spiro atoms. The topological polar surface area (TPSA) is 91.4 Å². The first-order chi connectivity index (χ1) is 11.5. The zero-order valence-corrected chi connectivity index (χ0v) is 13.8. The fourth-order valence-corrected chi connectivity index (χ4v) is 3.41. The van der Waals surface area contributed by atoms with Crippen LogP contribution in [0.25, 0.3) is 0 Å². The third kappa shape index (κ3) is 3.11. The number of aromatic nitrogens is 1. The van der Waals surface area contributed by atoms with Gasteiger partial charge in [-0.2, -0.15) is 0 Å². The number of nitrogens with zero attached hydrogens (tertiary/aromatic N) is 2. The standard InChI is InChI=1S/C17H22N4O3/c1-12-6-4-10-18-14(12)19-13(22)7-5-11-21-15(23)17(20-16(21)24)8-2-3-9-17/h4,6,10H,2-3,5,7-9,11H2,1H3,(H,20,24)(H,18,19,22). The maximum Gasteiger partial charge on any atom is 0.325 e. The first kappa shape index (κ1) is 16.4. The summed E-state index contributed by atoms with van der Waals surface area (Å²) in [4.78, 5) is 41.9. The largest absolute Gasteiger partial charge is 0.325 e. The minimum absolute atomic E-state index is 0.133. The molecule has 24 heavy (non-hydrogen) atoms. The molecule has 3 rings (SSSR count). The predicted octanol–water partition coefficient (Wildman–Crippen LogP) is 1.97. The molecule has 2 N–H and O–H groups in total. The van der Waals surface area contributed by atoms with Gasteiger partial charge in [0.25, 0.3) is 5.91 Å². The van der Waals surface area contributed by atoms with Gasteiger partial charge in [-0.05, 0) is 37.8 Å². The van der Waals surface area contributed by atoms with E-state index in [9.17, 15) is 14.4 Å². The summed E-state index contributed by atoms with van der Waals surface area (Å²) in [6, 6.07) is 3.35. The molecule has 2 fully saturated rings. The highest BCUT2D eigenvalue weighted by Gasteiger charge is 2.51. The Morgan fingerprint density at radius 2 is 2.12 bits per heavy atom. The van der Waals surface area contributed by atoms with Crippen molar-refractivity contribution in [2.75, 3.05) is 11.9 Å². The van der Waals surface area contributed by atoms with Crippen LogP contribution < -0.4 is 10.6 Å². The van der Waals surface area contributed by atoms with Crippen molar-refractivity contribution in [1.82, 2.24) is 15.2 Å². The summed E-state index contributed by atoms with van der Waals surface area (Å²) >= 11 is 0. The van der Waals surface area contributed by atoms with Gasteiger partial charge in [-0.25, -0.2) is 9.78 Å². The average molecular weight is 330 g/mol. The maximum absolute atomic E-state index is 12.5. The molecule has 1 aromatic rings. The van der Waals surface area contributed by atoms with Gasteiger partial charge in [0.15, 0.2) is 0 Å². The van der Waals surface area contributed by atoms with E-state index in [2.05, 4.69) is 15.6 Å². The first-order valence-electron chi connectivity index (χ1n) is 8.37. The van der Waals surface area contributed by atoms with Crippen LogP contribution in [-0.2, 0) is 9.59 Å². The highest BCUT2D eigenvalue weighted by molar-refractivity contribution is 6.07. The Morgan fingerprint density at radius 3 is 2.83 bits per heavy atom. The molecule has 1 aromatic heterocycles. The number of carbonyl (C=O) groups excluding carboxylic acids is 3. The Bertz CT molecular complexity index is 668. The van der Waals surface area contributed by atoms with Crippen molar-refractivity contribution in [2.24, 2.45) is 0 Å². The molecule has 0 bridgehead atoms. The molecule has 1 saturated carbocycles. The van der Waals surface area contributed by atoms with Crippen molar-refractivity contribution >= 4 is 23.7 Å². The number of rotatable bonds is 5. The van der Waals surface area contributed by atoms with E-state index in [1.54, 1.807) is 12.3 Å². The van der Waals surface area contributed by atoms with Gasteiger partial charge >= 0.3 is 6.03 Å². The van der Waals surface area contributed by atoms with E-state index < -0.39 is 5.54 Å². The maximum atomic E-state index is 12.5.